The summed E-state index contributed by atoms with van der Waals surface area (Å²) in [5, 5.41) is 23.1. The summed E-state index contributed by atoms with van der Waals surface area (Å²) in [7, 11) is 0. The summed E-state index contributed by atoms with van der Waals surface area (Å²) >= 11 is 0. The molecule has 63 heavy (non-hydrogen) atoms. The van der Waals surface area contributed by atoms with Gasteiger partial charge in [0.05, 0.1) is 25.4 Å². The number of hydrogen-bond donors (Lipinski definition) is 3. The molecule has 0 rings (SSSR count). The van der Waals surface area contributed by atoms with Crippen molar-refractivity contribution in [2.24, 2.45) is 0 Å². The summed E-state index contributed by atoms with van der Waals surface area (Å²) in [6.45, 7) is 4.79. The zero-order chi connectivity index (χ0) is 45.8. The van der Waals surface area contributed by atoms with E-state index in [2.05, 4.69) is 55.6 Å². The van der Waals surface area contributed by atoms with Crippen LogP contribution in [0.4, 0.5) is 0 Å². The van der Waals surface area contributed by atoms with Gasteiger partial charge in [-0.05, 0) is 89.9 Å². The zero-order valence-electron chi connectivity index (χ0n) is 41.8. The highest BCUT2D eigenvalue weighted by Gasteiger charge is 2.18. The molecule has 0 saturated carbocycles. The molecule has 0 aromatic rings. The second-order valence-electron chi connectivity index (χ2n) is 18.5. The van der Waals surface area contributed by atoms with Crippen LogP contribution >= 0.6 is 0 Å². The predicted octanol–water partition coefficient (Wildman–Crippen LogP) is 16.6. The van der Waals surface area contributed by atoms with Gasteiger partial charge >= 0.3 is 5.97 Å². The highest BCUT2D eigenvalue weighted by atomic mass is 16.5. The van der Waals surface area contributed by atoms with Crippen LogP contribution in [0.25, 0.3) is 0 Å². The van der Waals surface area contributed by atoms with Gasteiger partial charge in [0.1, 0.15) is 0 Å². The molecule has 0 aromatic carbocycles. The van der Waals surface area contributed by atoms with E-state index in [1.165, 1.54) is 167 Å². The Kier molecular flexibility index (Phi) is 50.6. The lowest BCUT2D eigenvalue weighted by atomic mass is 10.0. The molecule has 0 saturated heterocycles. The Morgan fingerprint density at radius 2 is 0.794 bits per heavy atom. The number of esters is 1. The lowest BCUT2D eigenvalue weighted by Gasteiger charge is -2.20. The second kappa shape index (κ2) is 52.4. The van der Waals surface area contributed by atoms with Crippen LogP contribution < -0.4 is 5.32 Å². The Morgan fingerprint density at radius 3 is 1.24 bits per heavy atom. The van der Waals surface area contributed by atoms with Crippen LogP contribution in [0, 0.1) is 0 Å². The number of carbonyl (C=O) groups is 2. The number of hydrogen-bond acceptors (Lipinski definition) is 5. The maximum atomic E-state index is 12.4. The Hall–Kier alpha value is -2.18. The maximum absolute atomic E-state index is 12.4. The highest BCUT2D eigenvalue weighted by Crippen LogP contribution is 2.15. The lowest BCUT2D eigenvalue weighted by Crippen LogP contribution is -2.45. The number of nitrogens with one attached hydrogen (secondary N) is 1. The maximum Gasteiger partial charge on any atom is 0.305 e. The molecule has 0 aliphatic rings. The second-order valence-corrected chi connectivity index (χ2v) is 18.5. The van der Waals surface area contributed by atoms with E-state index in [9.17, 15) is 19.8 Å². The Balaban J connectivity index is 3.57. The lowest BCUT2D eigenvalue weighted by molar-refractivity contribution is -0.143. The van der Waals surface area contributed by atoms with Crippen LogP contribution in [-0.4, -0.2) is 47.4 Å². The van der Waals surface area contributed by atoms with Gasteiger partial charge in [0.25, 0.3) is 0 Å². The fourth-order valence-electron chi connectivity index (χ4n) is 8.07. The molecule has 6 nitrogen and oxygen atoms in total. The normalized spacial score (nSPS) is 13.0. The number of ether oxygens (including phenoxy) is 1. The fourth-order valence-corrected chi connectivity index (χ4v) is 8.07. The topological polar surface area (TPSA) is 95.9 Å². The molecule has 2 unspecified atom stereocenters. The molecule has 368 valence electrons. The summed E-state index contributed by atoms with van der Waals surface area (Å²) in [5.41, 5.74) is 0. The van der Waals surface area contributed by atoms with Gasteiger partial charge in [-0.1, -0.05) is 223 Å². The van der Waals surface area contributed by atoms with Gasteiger partial charge in [-0.15, -0.1) is 0 Å². The quantitative estimate of drug-likeness (QED) is 0.0321. The number of amides is 1. The third-order valence-electron chi connectivity index (χ3n) is 12.3. The molecule has 6 heteroatoms. The number of aliphatic hydroxyl groups excluding tert-OH is 2. The van der Waals surface area contributed by atoms with Crippen LogP contribution in [0.2, 0.25) is 0 Å². The monoisotopic (exact) mass is 884 g/mol. The van der Waals surface area contributed by atoms with Crippen molar-refractivity contribution < 1.29 is 24.5 Å². The minimum Gasteiger partial charge on any atom is -0.466 e. The van der Waals surface area contributed by atoms with E-state index in [0.29, 0.717) is 19.4 Å². The van der Waals surface area contributed by atoms with Gasteiger partial charge < -0.3 is 20.3 Å². The van der Waals surface area contributed by atoms with E-state index < -0.39 is 12.1 Å². The van der Waals surface area contributed by atoms with E-state index in [1.54, 1.807) is 6.08 Å². The summed E-state index contributed by atoms with van der Waals surface area (Å²) < 4.78 is 5.44. The predicted molar refractivity (Wildman–Crippen MR) is 273 cm³/mol. The molecule has 2 atom stereocenters. The van der Waals surface area contributed by atoms with Crippen molar-refractivity contribution in [3.63, 3.8) is 0 Å². The first kappa shape index (κ1) is 60.8. The van der Waals surface area contributed by atoms with Gasteiger partial charge in [0.15, 0.2) is 0 Å². The zero-order valence-corrected chi connectivity index (χ0v) is 41.8. The number of unbranched alkanes of at least 4 members (excludes halogenated alkanes) is 33. The number of carbonyl (C=O) groups excluding carboxylic acids is 2. The number of aliphatic hydroxyl groups is 2. The first-order valence-corrected chi connectivity index (χ1v) is 27.4. The molecule has 0 radical (unpaired) electrons. The third-order valence-corrected chi connectivity index (χ3v) is 12.3. The molecule has 0 bridgehead atoms. The van der Waals surface area contributed by atoms with E-state index in [1.807, 2.05) is 6.08 Å². The third kappa shape index (κ3) is 49.1. The Labute approximate surface area is 391 Å². The summed E-state index contributed by atoms with van der Waals surface area (Å²) in [5.74, 6) is -0.150. The largest absolute Gasteiger partial charge is 0.466 e. The van der Waals surface area contributed by atoms with Crippen molar-refractivity contribution in [1.82, 2.24) is 5.32 Å². The molecule has 0 aliphatic heterocycles. The average molecular weight is 884 g/mol. The van der Waals surface area contributed by atoms with Crippen LogP contribution in [0.15, 0.2) is 48.6 Å². The van der Waals surface area contributed by atoms with Crippen molar-refractivity contribution >= 4 is 11.9 Å². The molecular weight excluding hydrogens is 779 g/mol. The summed E-state index contributed by atoms with van der Waals surface area (Å²) in [4.78, 5) is 24.5. The molecular formula is C57H105NO5. The summed E-state index contributed by atoms with van der Waals surface area (Å²) in [6.07, 6.45) is 65.5. The molecule has 3 N–H and O–H groups in total. The van der Waals surface area contributed by atoms with Crippen molar-refractivity contribution in [2.75, 3.05) is 13.2 Å². The van der Waals surface area contributed by atoms with Crippen LogP contribution in [0.5, 0.6) is 0 Å². The SMILES string of the molecule is CCCCCC/C=C\C/C=C\CCCCCCCCCC(=O)OCCCC/C=C\CCCCCCC(=O)NC(CO)C(O)/C=C/CCCCCCCCCCCCCCCCCC. The fraction of sp³-hybridized carbons (Fsp3) is 0.825. The average Bonchev–Trinajstić information content (AvgIpc) is 3.28. The van der Waals surface area contributed by atoms with Crippen LogP contribution in [0.3, 0.4) is 0 Å². The Bertz CT molecular complexity index is 1070. The summed E-state index contributed by atoms with van der Waals surface area (Å²) in [6, 6.07) is -0.655. The minimum atomic E-state index is -0.868. The first-order valence-electron chi connectivity index (χ1n) is 27.4. The number of rotatable bonds is 50. The first-order chi connectivity index (χ1) is 31.0. The van der Waals surface area contributed by atoms with Crippen LogP contribution in [0.1, 0.15) is 277 Å². The van der Waals surface area contributed by atoms with Gasteiger partial charge in [0, 0.05) is 12.8 Å². The van der Waals surface area contributed by atoms with E-state index in [4.69, 9.17) is 4.74 Å². The van der Waals surface area contributed by atoms with Crippen LogP contribution in [-0.2, 0) is 14.3 Å². The van der Waals surface area contributed by atoms with Gasteiger partial charge in [-0.25, -0.2) is 0 Å². The molecule has 0 heterocycles. The molecule has 1 amide bonds. The van der Waals surface area contributed by atoms with Crippen molar-refractivity contribution in [3.8, 4) is 0 Å². The van der Waals surface area contributed by atoms with E-state index in [-0.39, 0.29) is 18.5 Å². The number of allylic oxidation sites excluding steroid dienone is 7. The van der Waals surface area contributed by atoms with Gasteiger partial charge in [-0.3, -0.25) is 9.59 Å². The van der Waals surface area contributed by atoms with Crippen molar-refractivity contribution in [2.45, 2.75) is 289 Å². The molecule has 0 fully saturated rings. The van der Waals surface area contributed by atoms with Gasteiger partial charge in [-0.2, -0.15) is 0 Å². The molecule has 0 aromatic heterocycles. The highest BCUT2D eigenvalue weighted by molar-refractivity contribution is 5.76. The van der Waals surface area contributed by atoms with Crippen molar-refractivity contribution in [3.05, 3.63) is 48.6 Å². The van der Waals surface area contributed by atoms with E-state index in [0.717, 1.165) is 83.5 Å². The molecule has 0 spiro atoms. The smallest absolute Gasteiger partial charge is 0.305 e. The molecule has 0 aliphatic carbocycles. The van der Waals surface area contributed by atoms with E-state index >= 15 is 0 Å². The minimum absolute atomic E-state index is 0.0462. The Morgan fingerprint density at radius 1 is 0.444 bits per heavy atom. The van der Waals surface area contributed by atoms with Crippen molar-refractivity contribution in [1.29, 1.82) is 0 Å². The van der Waals surface area contributed by atoms with Gasteiger partial charge in [0.2, 0.25) is 5.91 Å². The standard InChI is InChI=1S/C57H105NO5/c1-3-5-7-9-11-13-15-17-19-21-23-25-27-29-33-37-41-45-49-55(60)54(53-59)58-56(61)50-46-42-38-34-31-32-36-40-44-48-52-63-57(62)51-47-43-39-35-30-28-26-24-22-20-18-16-14-12-10-8-6-4-2/h14,16,20,22,32,36,45,49,54-55,59-60H,3-13,15,17-19,21,23-31,33-35,37-44,46-48,50-53H2,1-2H3,(H,58,61)/b16-14-,22-20-,36-32-,49-45+.